The number of carbonyl (C=O) groups excluding carboxylic acids is 1. The van der Waals surface area contributed by atoms with Crippen molar-refractivity contribution < 1.29 is 17.8 Å². The summed E-state index contributed by atoms with van der Waals surface area (Å²) in [6.07, 6.45) is 1.92. The number of carbonyl (C=O) groups is 1. The van der Waals surface area contributed by atoms with Gasteiger partial charge in [-0.15, -0.1) is 0 Å². The summed E-state index contributed by atoms with van der Waals surface area (Å²) in [5.41, 5.74) is 0. The second-order valence-corrected chi connectivity index (χ2v) is 5.76. The molecule has 0 saturated heterocycles. The minimum Gasteiger partial charge on any atom is -0.354 e. The molecule has 0 aliphatic heterocycles. The van der Waals surface area contributed by atoms with Gasteiger partial charge >= 0.3 is 0 Å². The summed E-state index contributed by atoms with van der Waals surface area (Å²) in [5.74, 6) is -0.143. The van der Waals surface area contributed by atoms with Crippen molar-refractivity contribution in [1.82, 2.24) is 10.6 Å². The first-order chi connectivity index (χ1) is 7.43. The van der Waals surface area contributed by atoms with Gasteiger partial charge in [0.25, 0.3) is 10.1 Å². The molecule has 0 aliphatic rings. The van der Waals surface area contributed by atoms with Crippen molar-refractivity contribution in [2.45, 2.75) is 11.7 Å². The number of hydrogen-bond donors (Lipinski definition) is 3. The van der Waals surface area contributed by atoms with Crippen LogP contribution in [0.1, 0.15) is 6.42 Å². The minimum absolute atomic E-state index is 0.116. The molecule has 96 valence electrons. The summed E-state index contributed by atoms with van der Waals surface area (Å²) in [6, 6.07) is 0. The Morgan fingerprint density at radius 1 is 1.44 bits per heavy atom. The number of likely N-dealkylation sites (N-methyl/N-ethyl adjacent to an activating group) is 1. The summed E-state index contributed by atoms with van der Waals surface area (Å²) < 4.78 is 30.9. The van der Waals surface area contributed by atoms with Crippen molar-refractivity contribution in [1.29, 1.82) is 0 Å². The van der Waals surface area contributed by atoms with Crippen LogP contribution in [0, 0.1) is 0 Å². The first-order valence-corrected chi connectivity index (χ1v) is 7.70. The highest BCUT2D eigenvalue weighted by molar-refractivity contribution is 7.98. The smallest absolute Gasteiger partial charge is 0.276 e. The Morgan fingerprint density at radius 2 is 2.06 bits per heavy atom. The molecule has 0 fully saturated rings. The molecule has 1 amide bonds. The van der Waals surface area contributed by atoms with E-state index in [1.807, 2.05) is 0 Å². The van der Waals surface area contributed by atoms with Crippen molar-refractivity contribution in [3.63, 3.8) is 0 Å². The predicted molar refractivity (Wildman–Crippen MR) is 65.3 cm³/mol. The van der Waals surface area contributed by atoms with E-state index < -0.39 is 21.3 Å². The largest absolute Gasteiger partial charge is 0.354 e. The molecule has 0 rings (SSSR count). The Kier molecular flexibility index (Phi) is 7.73. The fraction of sp³-hybridized carbons (Fsp3) is 0.875. The van der Waals surface area contributed by atoms with Crippen LogP contribution in [-0.4, -0.2) is 56.3 Å². The summed E-state index contributed by atoms with van der Waals surface area (Å²) in [6.45, 7) is 0.882. The highest BCUT2D eigenvalue weighted by atomic mass is 32.2. The molecule has 0 saturated carbocycles. The van der Waals surface area contributed by atoms with Crippen molar-refractivity contribution in [3.8, 4) is 0 Å². The van der Waals surface area contributed by atoms with Gasteiger partial charge in [-0.25, -0.2) is 0 Å². The van der Waals surface area contributed by atoms with E-state index in [1.165, 1.54) is 11.8 Å². The molecule has 0 bridgehead atoms. The summed E-state index contributed by atoms with van der Waals surface area (Å²) in [5, 5.41) is 3.90. The molecule has 0 spiro atoms. The molecule has 16 heavy (non-hydrogen) atoms. The molecule has 6 nitrogen and oxygen atoms in total. The lowest BCUT2D eigenvalue weighted by Crippen LogP contribution is -2.42. The minimum atomic E-state index is -4.32. The zero-order valence-corrected chi connectivity index (χ0v) is 11.0. The van der Waals surface area contributed by atoms with Gasteiger partial charge in [-0.1, -0.05) is 0 Å². The van der Waals surface area contributed by atoms with Gasteiger partial charge in [0.1, 0.15) is 0 Å². The normalized spacial score (nSPS) is 13.4. The Bertz CT molecular complexity index is 305. The molecule has 1 unspecified atom stereocenters. The molecule has 0 aliphatic carbocycles. The van der Waals surface area contributed by atoms with E-state index in [2.05, 4.69) is 10.6 Å². The van der Waals surface area contributed by atoms with Crippen molar-refractivity contribution >= 4 is 27.8 Å². The monoisotopic (exact) mass is 270 g/mol. The van der Waals surface area contributed by atoms with E-state index >= 15 is 0 Å². The quantitative estimate of drug-likeness (QED) is 0.400. The van der Waals surface area contributed by atoms with Crippen molar-refractivity contribution in [3.05, 3.63) is 0 Å². The number of hydrogen-bond acceptors (Lipinski definition) is 5. The zero-order chi connectivity index (χ0) is 12.6. The third-order valence-corrected chi connectivity index (χ3v) is 3.72. The molecular formula is C8H18N2O4S2. The predicted octanol–water partition coefficient (Wildman–Crippen LogP) is -0.668. The van der Waals surface area contributed by atoms with E-state index in [-0.39, 0.29) is 6.42 Å². The number of thioether (sulfide) groups is 1. The summed E-state index contributed by atoms with van der Waals surface area (Å²) in [4.78, 5) is 11.5. The average molecular weight is 270 g/mol. The Hall–Kier alpha value is -0.310. The van der Waals surface area contributed by atoms with Crippen LogP contribution >= 0.6 is 11.8 Å². The first kappa shape index (κ1) is 15.7. The summed E-state index contributed by atoms with van der Waals surface area (Å²) >= 11 is 1.42. The standard InChI is InChI=1S/C8H18N2O4S2/c1-9-4-5-10-8(11)7(3-6-15-2)16(12,13)14/h7,9H,3-6H2,1-2H3,(H,10,11)(H,12,13,14). The third kappa shape index (κ3) is 6.31. The number of amides is 1. The lowest BCUT2D eigenvalue weighted by Gasteiger charge is -2.13. The molecule has 0 radical (unpaired) electrons. The summed E-state index contributed by atoms with van der Waals surface area (Å²) in [7, 11) is -2.60. The SMILES string of the molecule is CNCCNC(=O)C(CCSC)S(=O)(=O)O. The van der Waals surface area contributed by atoms with E-state index in [9.17, 15) is 13.2 Å². The van der Waals surface area contributed by atoms with E-state index in [0.717, 1.165) is 0 Å². The molecule has 0 aromatic carbocycles. The lowest BCUT2D eigenvalue weighted by molar-refractivity contribution is -0.120. The fourth-order valence-electron chi connectivity index (χ4n) is 1.06. The van der Waals surface area contributed by atoms with E-state index in [4.69, 9.17) is 4.55 Å². The number of nitrogens with one attached hydrogen (secondary N) is 2. The Balaban J connectivity index is 4.34. The highest BCUT2D eigenvalue weighted by Gasteiger charge is 2.29. The first-order valence-electron chi connectivity index (χ1n) is 4.81. The van der Waals surface area contributed by atoms with Gasteiger partial charge < -0.3 is 10.6 Å². The van der Waals surface area contributed by atoms with Gasteiger partial charge in [-0.2, -0.15) is 20.2 Å². The van der Waals surface area contributed by atoms with Gasteiger partial charge in [-0.3, -0.25) is 9.35 Å². The molecular weight excluding hydrogens is 252 g/mol. The van der Waals surface area contributed by atoms with Crippen molar-refractivity contribution in [2.24, 2.45) is 0 Å². The Morgan fingerprint density at radius 3 is 2.50 bits per heavy atom. The van der Waals surface area contributed by atoms with Crippen LogP contribution in [-0.2, 0) is 14.9 Å². The van der Waals surface area contributed by atoms with Gasteiger partial charge in [0.2, 0.25) is 5.91 Å². The van der Waals surface area contributed by atoms with Crippen LogP contribution < -0.4 is 10.6 Å². The Labute approximate surface area is 100 Å². The highest BCUT2D eigenvalue weighted by Crippen LogP contribution is 2.08. The molecule has 0 heterocycles. The van der Waals surface area contributed by atoms with Crippen LogP contribution in [0.2, 0.25) is 0 Å². The molecule has 3 N–H and O–H groups in total. The topological polar surface area (TPSA) is 95.5 Å². The van der Waals surface area contributed by atoms with Gasteiger partial charge in [0.05, 0.1) is 0 Å². The molecule has 0 aromatic rings. The van der Waals surface area contributed by atoms with E-state index in [0.29, 0.717) is 18.8 Å². The molecule has 8 heteroatoms. The van der Waals surface area contributed by atoms with Gasteiger partial charge in [-0.05, 0) is 25.5 Å². The third-order valence-electron chi connectivity index (χ3n) is 1.91. The maximum Gasteiger partial charge on any atom is 0.276 e. The maximum atomic E-state index is 11.5. The molecule has 1 atom stereocenters. The van der Waals surface area contributed by atoms with Gasteiger partial charge in [0.15, 0.2) is 5.25 Å². The second-order valence-electron chi connectivity index (χ2n) is 3.18. The second kappa shape index (κ2) is 7.88. The average Bonchev–Trinajstić information content (AvgIpc) is 2.16. The zero-order valence-electron chi connectivity index (χ0n) is 9.39. The van der Waals surface area contributed by atoms with Gasteiger partial charge in [0, 0.05) is 13.1 Å². The van der Waals surface area contributed by atoms with Crippen LogP contribution in [0.3, 0.4) is 0 Å². The lowest BCUT2D eigenvalue weighted by atomic mass is 10.3. The van der Waals surface area contributed by atoms with E-state index in [1.54, 1.807) is 13.3 Å². The van der Waals surface area contributed by atoms with Crippen LogP contribution in [0.5, 0.6) is 0 Å². The fourth-order valence-corrected chi connectivity index (χ4v) is 2.45. The van der Waals surface area contributed by atoms with Crippen LogP contribution in [0.15, 0.2) is 0 Å². The van der Waals surface area contributed by atoms with Crippen LogP contribution in [0.25, 0.3) is 0 Å². The van der Waals surface area contributed by atoms with Crippen LogP contribution in [0.4, 0.5) is 0 Å². The van der Waals surface area contributed by atoms with Crippen molar-refractivity contribution in [2.75, 3.05) is 32.1 Å². The number of rotatable bonds is 8. The molecule has 0 aromatic heterocycles. The maximum absolute atomic E-state index is 11.5.